The molecule has 1 aliphatic rings. The Balaban J connectivity index is 1.75. The van der Waals surface area contributed by atoms with E-state index in [-0.39, 0.29) is 5.91 Å². The number of aryl methyl sites for hydroxylation is 1. The Morgan fingerprint density at radius 1 is 1.04 bits per heavy atom. The highest BCUT2D eigenvalue weighted by molar-refractivity contribution is 7.10. The van der Waals surface area contributed by atoms with E-state index in [0.29, 0.717) is 0 Å². The monoisotopic (exact) mass is 321 g/mol. The van der Waals surface area contributed by atoms with Crippen molar-refractivity contribution in [3.63, 3.8) is 0 Å². The van der Waals surface area contributed by atoms with Crippen LogP contribution < -0.4 is 4.90 Å². The number of hydrogen-bond donors (Lipinski definition) is 0. The minimum absolute atomic E-state index is 0.112. The van der Waals surface area contributed by atoms with Crippen molar-refractivity contribution in [3.05, 3.63) is 63.8 Å². The van der Waals surface area contributed by atoms with Crippen molar-refractivity contribution in [2.45, 2.75) is 25.7 Å². The molecule has 1 heterocycles. The summed E-state index contributed by atoms with van der Waals surface area (Å²) in [5.41, 5.74) is 3.17. The van der Waals surface area contributed by atoms with Gasteiger partial charge in [0.15, 0.2) is 0 Å². The third-order valence-corrected chi connectivity index (χ3v) is 5.81. The van der Waals surface area contributed by atoms with Crippen molar-refractivity contribution in [2.75, 3.05) is 11.9 Å². The largest absolute Gasteiger partial charge is 0.311 e. The summed E-state index contributed by atoms with van der Waals surface area (Å²) in [5, 5.41) is 4.34. The number of thiophene rings is 1. The SMILES string of the molecule is CN(C(=O)c1csc2c1CCCC2)c1cccc2ccccc12. The fraction of sp³-hybridized carbons (Fsp3) is 0.250. The number of rotatable bonds is 2. The van der Waals surface area contributed by atoms with Crippen molar-refractivity contribution in [1.82, 2.24) is 0 Å². The first-order chi connectivity index (χ1) is 11.3. The lowest BCUT2D eigenvalue weighted by molar-refractivity contribution is 0.0992. The first kappa shape index (κ1) is 14.5. The van der Waals surface area contributed by atoms with Crippen LogP contribution in [0.2, 0.25) is 0 Å². The van der Waals surface area contributed by atoms with Crippen molar-refractivity contribution < 1.29 is 4.79 Å². The summed E-state index contributed by atoms with van der Waals surface area (Å²) in [4.78, 5) is 16.3. The lowest BCUT2D eigenvalue weighted by Crippen LogP contribution is -2.27. The maximum atomic E-state index is 13.1. The molecule has 1 amide bonds. The molecule has 3 aromatic rings. The summed E-state index contributed by atoms with van der Waals surface area (Å²) in [6.45, 7) is 0. The van der Waals surface area contributed by atoms with Gasteiger partial charge in [-0.3, -0.25) is 4.79 Å². The molecule has 2 aromatic carbocycles. The van der Waals surface area contributed by atoms with Gasteiger partial charge in [-0.05, 0) is 42.7 Å². The second-order valence-electron chi connectivity index (χ2n) is 6.12. The van der Waals surface area contributed by atoms with Gasteiger partial charge in [-0.15, -0.1) is 11.3 Å². The topological polar surface area (TPSA) is 20.3 Å². The zero-order chi connectivity index (χ0) is 15.8. The minimum atomic E-state index is 0.112. The summed E-state index contributed by atoms with van der Waals surface area (Å²) in [6.07, 6.45) is 4.62. The molecule has 0 saturated heterocycles. The van der Waals surface area contributed by atoms with Crippen molar-refractivity contribution in [1.29, 1.82) is 0 Å². The van der Waals surface area contributed by atoms with E-state index in [4.69, 9.17) is 0 Å². The zero-order valence-electron chi connectivity index (χ0n) is 13.2. The van der Waals surface area contributed by atoms with E-state index >= 15 is 0 Å². The van der Waals surface area contributed by atoms with Gasteiger partial charge in [0.25, 0.3) is 5.91 Å². The van der Waals surface area contributed by atoms with Crippen LogP contribution in [-0.2, 0) is 12.8 Å². The van der Waals surface area contributed by atoms with Crippen molar-refractivity contribution in [3.8, 4) is 0 Å². The van der Waals surface area contributed by atoms with Gasteiger partial charge in [-0.25, -0.2) is 0 Å². The molecule has 0 bridgehead atoms. The fourth-order valence-corrected chi connectivity index (χ4v) is 4.58. The zero-order valence-corrected chi connectivity index (χ0v) is 14.0. The third kappa shape index (κ3) is 2.45. The summed E-state index contributed by atoms with van der Waals surface area (Å²) >= 11 is 1.75. The van der Waals surface area contributed by atoms with E-state index < -0.39 is 0 Å². The molecule has 0 N–H and O–H groups in total. The second-order valence-corrected chi connectivity index (χ2v) is 7.08. The Kier molecular flexibility index (Phi) is 3.66. The van der Waals surface area contributed by atoms with E-state index in [9.17, 15) is 4.79 Å². The number of carbonyl (C=O) groups excluding carboxylic acids is 1. The van der Waals surface area contributed by atoms with Gasteiger partial charge in [0.1, 0.15) is 0 Å². The predicted octanol–water partition coefficient (Wildman–Crippen LogP) is 5.06. The van der Waals surface area contributed by atoms with Crippen LogP contribution >= 0.6 is 11.3 Å². The van der Waals surface area contributed by atoms with E-state index in [2.05, 4.69) is 23.6 Å². The average Bonchev–Trinajstić information content (AvgIpc) is 3.04. The molecule has 23 heavy (non-hydrogen) atoms. The van der Waals surface area contributed by atoms with E-state index in [1.165, 1.54) is 23.3 Å². The van der Waals surface area contributed by atoms with Gasteiger partial charge in [0.05, 0.1) is 11.3 Å². The van der Waals surface area contributed by atoms with Gasteiger partial charge in [-0.2, -0.15) is 0 Å². The number of carbonyl (C=O) groups is 1. The van der Waals surface area contributed by atoms with Crippen LogP contribution in [0.25, 0.3) is 10.8 Å². The second kappa shape index (κ2) is 5.82. The Labute approximate surface area is 140 Å². The lowest BCUT2D eigenvalue weighted by atomic mass is 9.95. The number of benzene rings is 2. The summed E-state index contributed by atoms with van der Waals surface area (Å²) in [6, 6.07) is 14.4. The number of hydrogen-bond acceptors (Lipinski definition) is 2. The van der Waals surface area contributed by atoms with Gasteiger partial charge in [-0.1, -0.05) is 36.4 Å². The average molecular weight is 321 g/mol. The van der Waals surface area contributed by atoms with Gasteiger partial charge in [0, 0.05) is 22.7 Å². The molecular weight excluding hydrogens is 302 g/mol. The molecule has 0 spiro atoms. The van der Waals surface area contributed by atoms with Crippen LogP contribution in [0.5, 0.6) is 0 Å². The predicted molar refractivity (Wildman–Crippen MR) is 97.6 cm³/mol. The van der Waals surface area contributed by atoms with E-state index in [1.807, 2.05) is 31.3 Å². The summed E-state index contributed by atoms with van der Waals surface area (Å²) < 4.78 is 0. The Morgan fingerprint density at radius 2 is 1.83 bits per heavy atom. The highest BCUT2D eigenvalue weighted by atomic mass is 32.1. The first-order valence-corrected chi connectivity index (χ1v) is 8.99. The summed E-state index contributed by atoms with van der Waals surface area (Å²) in [7, 11) is 1.89. The van der Waals surface area contributed by atoms with Crippen LogP contribution in [-0.4, -0.2) is 13.0 Å². The van der Waals surface area contributed by atoms with Crippen LogP contribution in [0.4, 0.5) is 5.69 Å². The van der Waals surface area contributed by atoms with E-state index in [1.54, 1.807) is 16.2 Å². The molecular formula is C20H19NOS. The molecule has 0 unspecified atom stereocenters. The molecule has 1 aliphatic carbocycles. The normalized spacial score (nSPS) is 13.8. The number of fused-ring (bicyclic) bond motifs is 2. The van der Waals surface area contributed by atoms with Crippen molar-refractivity contribution in [2.24, 2.45) is 0 Å². The molecule has 1 aromatic heterocycles. The number of amides is 1. The fourth-order valence-electron chi connectivity index (χ4n) is 3.46. The molecule has 2 nitrogen and oxygen atoms in total. The Hall–Kier alpha value is -2.13. The number of anilines is 1. The highest BCUT2D eigenvalue weighted by Crippen LogP contribution is 2.33. The molecule has 0 saturated carbocycles. The standard InChI is InChI=1S/C20H19NOS/c1-21(18-11-6-8-14-7-2-3-9-15(14)18)20(22)17-13-23-19-12-5-4-10-16(17)19/h2-3,6-9,11,13H,4-5,10,12H2,1H3. The van der Waals surface area contributed by atoms with Crippen LogP contribution in [0, 0.1) is 0 Å². The van der Waals surface area contributed by atoms with Gasteiger partial charge in [0.2, 0.25) is 0 Å². The Bertz CT molecular complexity index is 875. The smallest absolute Gasteiger partial charge is 0.259 e. The Morgan fingerprint density at radius 3 is 2.74 bits per heavy atom. The van der Waals surface area contributed by atoms with Crippen LogP contribution in [0.3, 0.4) is 0 Å². The van der Waals surface area contributed by atoms with E-state index in [0.717, 1.165) is 34.9 Å². The maximum Gasteiger partial charge on any atom is 0.259 e. The molecule has 3 heteroatoms. The van der Waals surface area contributed by atoms with Gasteiger partial charge < -0.3 is 4.90 Å². The summed E-state index contributed by atoms with van der Waals surface area (Å²) in [5.74, 6) is 0.112. The first-order valence-electron chi connectivity index (χ1n) is 8.11. The van der Waals surface area contributed by atoms with Gasteiger partial charge >= 0.3 is 0 Å². The highest BCUT2D eigenvalue weighted by Gasteiger charge is 2.23. The quantitative estimate of drug-likeness (QED) is 0.646. The van der Waals surface area contributed by atoms with Crippen LogP contribution in [0.15, 0.2) is 47.8 Å². The minimum Gasteiger partial charge on any atom is -0.311 e. The molecule has 0 atom stereocenters. The lowest BCUT2D eigenvalue weighted by Gasteiger charge is -2.21. The van der Waals surface area contributed by atoms with Crippen molar-refractivity contribution >= 4 is 33.7 Å². The molecule has 0 radical (unpaired) electrons. The molecule has 0 fully saturated rings. The van der Waals surface area contributed by atoms with Crippen LogP contribution in [0.1, 0.15) is 33.6 Å². The molecule has 4 rings (SSSR count). The third-order valence-electron chi connectivity index (χ3n) is 4.72. The molecule has 0 aliphatic heterocycles. The molecule has 116 valence electrons. The number of nitrogens with zero attached hydrogens (tertiary/aromatic N) is 1. The maximum absolute atomic E-state index is 13.1.